The second-order valence-electron chi connectivity index (χ2n) is 5.03. The zero-order valence-electron chi connectivity index (χ0n) is 10.7. The van der Waals surface area contributed by atoms with Crippen LogP contribution in [0.4, 0.5) is 0 Å². The first-order valence-electron chi connectivity index (χ1n) is 6.05. The second kappa shape index (κ2) is 5.36. The lowest BCUT2D eigenvalue weighted by Gasteiger charge is -2.21. The summed E-state index contributed by atoms with van der Waals surface area (Å²) in [5, 5.41) is 11.5. The molecule has 2 N–H and O–H groups in total. The van der Waals surface area contributed by atoms with E-state index in [0.29, 0.717) is 13.2 Å². The molecule has 6 heteroatoms. The van der Waals surface area contributed by atoms with Crippen molar-refractivity contribution in [3.05, 3.63) is 29.6 Å². The number of carboxylic acids is 1. The molecule has 6 nitrogen and oxygen atoms in total. The highest BCUT2D eigenvalue weighted by Crippen LogP contribution is 2.26. The molecule has 0 aromatic carbocycles. The third kappa shape index (κ3) is 3.29. The van der Waals surface area contributed by atoms with Gasteiger partial charge in [-0.15, -0.1) is 0 Å². The Bertz CT molecular complexity index is 478. The topological polar surface area (TPSA) is 88.5 Å². The molecule has 0 radical (unpaired) electrons. The van der Waals surface area contributed by atoms with Gasteiger partial charge in [0.2, 0.25) is 0 Å². The minimum atomic E-state index is -1.06. The molecule has 1 unspecified atom stereocenters. The predicted octanol–water partition coefficient (Wildman–Crippen LogP) is 0.936. The number of amides is 1. The fraction of sp³-hybridized carbons (Fsp3) is 0.462. The Kier molecular flexibility index (Phi) is 3.80. The smallest absolute Gasteiger partial charge is 0.337 e. The van der Waals surface area contributed by atoms with E-state index >= 15 is 0 Å². The normalized spacial score (nSPS) is 22.2. The summed E-state index contributed by atoms with van der Waals surface area (Å²) < 4.78 is 5.31. The standard InChI is InChI=1S/C13H16N2O4/c1-13(4-5-19-8-13)7-15-11(16)10-3-2-9(6-14-10)12(17)18/h2-3,6H,4-5,7-8H2,1H3,(H,15,16)(H,17,18). The van der Waals surface area contributed by atoms with Crippen LogP contribution in [0, 0.1) is 5.41 Å². The molecule has 0 spiro atoms. The minimum Gasteiger partial charge on any atom is -0.478 e. The lowest BCUT2D eigenvalue weighted by molar-refractivity contribution is 0.0695. The largest absolute Gasteiger partial charge is 0.478 e. The summed E-state index contributed by atoms with van der Waals surface area (Å²) in [6.07, 6.45) is 2.09. The van der Waals surface area contributed by atoms with Crippen molar-refractivity contribution in [3.63, 3.8) is 0 Å². The second-order valence-corrected chi connectivity index (χ2v) is 5.03. The maximum absolute atomic E-state index is 11.9. The van der Waals surface area contributed by atoms with Gasteiger partial charge in [-0.05, 0) is 18.6 Å². The van der Waals surface area contributed by atoms with Crippen LogP contribution >= 0.6 is 0 Å². The van der Waals surface area contributed by atoms with Gasteiger partial charge in [-0.2, -0.15) is 0 Å². The van der Waals surface area contributed by atoms with Crippen LogP contribution in [0.5, 0.6) is 0 Å². The van der Waals surface area contributed by atoms with Crippen molar-refractivity contribution < 1.29 is 19.4 Å². The Labute approximate surface area is 110 Å². The van der Waals surface area contributed by atoms with Gasteiger partial charge in [0.25, 0.3) is 5.91 Å². The summed E-state index contributed by atoms with van der Waals surface area (Å²) in [7, 11) is 0. The van der Waals surface area contributed by atoms with E-state index in [1.807, 2.05) is 0 Å². The van der Waals surface area contributed by atoms with Gasteiger partial charge < -0.3 is 15.2 Å². The Morgan fingerprint density at radius 1 is 1.53 bits per heavy atom. The van der Waals surface area contributed by atoms with Gasteiger partial charge in [-0.25, -0.2) is 4.79 Å². The number of pyridine rings is 1. The Hall–Kier alpha value is -1.95. The first kappa shape index (κ1) is 13.5. The van der Waals surface area contributed by atoms with E-state index in [9.17, 15) is 9.59 Å². The number of ether oxygens (including phenoxy) is 1. The van der Waals surface area contributed by atoms with E-state index in [-0.39, 0.29) is 22.6 Å². The highest BCUT2D eigenvalue weighted by molar-refractivity contribution is 5.93. The summed E-state index contributed by atoms with van der Waals surface area (Å²) in [6, 6.07) is 2.77. The SMILES string of the molecule is CC1(CNC(=O)c2ccc(C(=O)O)cn2)CCOC1. The fourth-order valence-corrected chi connectivity index (χ4v) is 1.89. The highest BCUT2D eigenvalue weighted by atomic mass is 16.5. The maximum Gasteiger partial charge on any atom is 0.337 e. The fourth-order valence-electron chi connectivity index (χ4n) is 1.89. The molecule has 19 heavy (non-hydrogen) atoms. The Morgan fingerprint density at radius 3 is 2.84 bits per heavy atom. The van der Waals surface area contributed by atoms with Crippen LogP contribution in [0.2, 0.25) is 0 Å². The summed E-state index contributed by atoms with van der Waals surface area (Å²) >= 11 is 0. The van der Waals surface area contributed by atoms with Gasteiger partial charge in [0.1, 0.15) is 5.69 Å². The van der Waals surface area contributed by atoms with E-state index in [1.54, 1.807) is 0 Å². The molecule has 1 aromatic rings. The van der Waals surface area contributed by atoms with E-state index in [1.165, 1.54) is 18.3 Å². The van der Waals surface area contributed by atoms with Crippen LogP contribution < -0.4 is 5.32 Å². The van der Waals surface area contributed by atoms with Crippen LogP contribution in [0.3, 0.4) is 0 Å². The van der Waals surface area contributed by atoms with Crippen molar-refractivity contribution in [2.24, 2.45) is 5.41 Å². The molecule has 1 atom stereocenters. The zero-order valence-corrected chi connectivity index (χ0v) is 10.7. The molecule has 1 aliphatic heterocycles. The number of carbonyl (C=O) groups is 2. The monoisotopic (exact) mass is 264 g/mol. The molecular formula is C13H16N2O4. The zero-order chi connectivity index (χ0) is 13.9. The molecule has 102 valence electrons. The number of aromatic nitrogens is 1. The third-order valence-corrected chi connectivity index (χ3v) is 3.22. The molecule has 1 fully saturated rings. The van der Waals surface area contributed by atoms with Crippen molar-refractivity contribution in [1.82, 2.24) is 10.3 Å². The number of carboxylic acid groups (broad SMARTS) is 1. The van der Waals surface area contributed by atoms with Crippen molar-refractivity contribution in [1.29, 1.82) is 0 Å². The molecule has 2 heterocycles. The number of nitrogens with zero attached hydrogens (tertiary/aromatic N) is 1. The third-order valence-electron chi connectivity index (χ3n) is 3.22. The molecule has 1 amide bonds. The van der Waals surface area contributed by atoms with E-state index in [4.69, 9.17) is 9.84 Å². The summed E-state index contributed by atoms with van der Waals surface area (Å²) in [6.45, 7) is 3.94. The first-order valence-corrected chi connectivity index (χ1v) is 6.05. The average Bonchev–Trinajstić information content (AvgIpc) is 2.83. The van der Waals surface area contributed by atoms with Gasteiger partial charge in [0.05, 0.1) is 12.2 Å². The molecule has 0 bridgehead atoms. The van der Waals surface area contributed by atoms with E-state index in [2.05, 4.69) is 17.2 Å². The maximum atomic E-state index is 11.9. The minimum absolute atomic E-state index is 0.0311. The number of hydrogen-bond acceptors (Lipinski definition) is 4. The van der Waals surface area contributed by atoms with Crippen LogP contribution in [0.15, 0.2) is 18.3 Å². The molecule has 0 saturated carbocycles. The van der Waals surface area contributed by atoms with Crippen molar-refractivity contribution in [2.75, 3.05) is 19.8 Å². The molecule has 1 saturated heterocycles. The van der Waals surface area contributed by atoms with Crippen molar-refractivity contribution in [2.45, 2.75) is 13.3 Å². The quantitative estimate of drug-likeness (QED) is 0.844. The summed E-state index contributed by atoms with van der Waals surface area (Å²) in [5.74, 6) is -1.36. The van der Waals surface area contributed by atoms with E-state index < -0.39 is 5.97 Å². The van der Waals surface area contributed by atoms with Crippen molar-refractivity contribution in [3.8, 4) is 0 Å². The van der Waals surface area contributed by atoms with Gasteiger partial charge >= 0.3 is 5.97 Å². The van der Waals surface area contributed by atoms with Gasteiger partial charge in [-0.3, -0.25) is 9.78 Å². The van der Waals surface area contributed by atoms with Gasteiger partial charge in [0, 0.05) is 24.8 Å². The number of rotatable bonds is 4. The molecule has 1 aromatic heterocycles. The Balaban J connectivity index is 1.94. The Morgan fingerprint density at radius 2 is 2.32 bits per heavy atom. The first-order chi connectivity index (χ1) is 9.00. The number of carbonyl (C=O) groups excluding carboxylic acids is 1. The molecule has 1 aliphatic rings. The average molecular weight is 264 g/mol. The van der Waals surface area contributed by atoms with E-state index in [0.717, 1.165) is 13.0 Å². The highest BCUT2D eigenvalue weighted by Gasteiger charge is 2.30. The molecule has 0 aliphatic carbocycles. The number of aromatic carboxylic acids is 1. The van der Waals surface area contributed by atoms with Crippen LogP contribution in [0.25, 0.3) is 0 Å². The van der Waals surface area contributed by atoms with Crippen LogP contribution in [-0.2, 0) is 4.74 Å². The van der Waals surface area contributed by atoms with Crippen molar-refractivity contribution >= 4 is 11.9 Å². The molecular weight excluding hydrogens is 248 g/mol. The molecule has 2 rings (SSSR count). The summed E-state index contributed by atoms with van der Waals surface area (Å²) in [5.41, 5.74) is 0.247. The number of nitrogens with one attached hydrogen (secondary N) is 1. The van der Waals surface area contributed by atoms with Crippen LogP contribution in [0.1, 0.15) is 34.2 Å². The summed E-state index contributed by atoms with van der Waals surface area (Å²) in [4.78, 5) is 26.4. The predicted molar refractivity (Wildman–Crippen MR) is 67.1 cm³/mol. The van der Waals surface area contributed by atoms with Crippen LogP contribution in [-0.4, -0.2) is 41.7 Å². The lowest BCUT2D eigenvalue weighted by atomic mass is 9.90. The van der Waals surface area contributed by atoms with Gasteiger partial charge in [0.15, 0.2) is 0 Å². The lowest BCUT2D eigenvalue weighted by Crippen LogP contribution is -2.36. The number of hydrogen-bond donors (Lipinski definition) is 2. The van der Waals surface area contributed by atoms with Gasteiger partial charge in [-0.1, -0.05) is 6.92 Å².